The first-order valence-electron chi connectivity index (χ1n) is 4.91. The molecule has 1 aromatic rings. The second kappa shape index (κ2) is 4.79. The summed E-state index contributed by atoms with van der Waals surface area (Å²) in [5, 5.41) is 2.73. The summed E-state index contributed by atoms with van der Waals surface area (Å²) in [4.78, 5) is 11.3. The van der Waals surface area contributed by atoms with E-state index in [1.54, 1.807) is 0 Å². The standard InChI is InChI=1S/C11H13NO3/c13-11(12-6-10-7-14-10)8-15-9-4-2-1-3-5-9/h1-5,10H,6-8H2,(H,12,13). The van der Waals surface area contributed by atoms with Gasteiger partial charge in [-0.1, -0.05) is 18.2 Å². The minimum absolute atomic E-state index is 0.0523. The zero-order valence-electron chi connectivity index (χ0n) is 8.31. The summed E-state index contributed by atoms with van der Waals surface area (Å²) in [5.41, 5.74) is 0. The van der Waals surface area contributed by atoms with Crippen LogP contribution in [0, 0.1) is 0 Å². The number of nitrogens with one attached hydrogen (secondary N) is 1. The highest BCUT2D eigenvalue weighted by Gasteiger charge is 2.22. The van der Waals surface area contributed by atoms with Crippen LogP contribution in [0.1, 0.15) is 0 Å². The molecule has 0 spiro atoms. The van der Waals surface area contributed by atoms with Gasteiger partial charge in [0.25, 0.3) is 5.91 Å². The molecule has 2 rings (SSSR count). The van der Waals surface area contributed by atoms with E-state index in [0.717, 1.165) is 6.61 Å². The maximum atomic E-state index is 11.3. The zero-order chi connectivity index (χ0) is 10.5. The fraction of sp³-hybridized carbons (Fsp3) is 0.364. The Bertz CT molecular complexity index is 322. The number of benzene rings is 1. The Kier molecular flexibility index (Phi) is 3.19. The van der Waals surface area contributed by atoms with Crippen molar-refractivity contribution in [1.29, 1.82) is 0 Å². The van der Waals surface area contributed by atoms with Crippen molar-refractivity contribution in [3.63, 3.8) is 0 Å². The van der Waals surface area contributed by atoms with E-state index in [1.807, 2.05) is 30.3 Å². The summed E-state index contributed by atoms with van der Waals surface area (Å²) in [6.07, 6.45) is 0.214. The minimum atomic E-state index is -0.116. The third kappa shape index (κ3) is 3.59. The maximum Gasteiger partial charge on any atom is 0.258 e. The Morgan fingerprint density at radius 2 is 2.20 bits per heavy atom. The van der Waals surface area contributed by atoms with E-state index in [4.69, 9.17) is 9.47 Å². The highest BCUT2D eigenvalue weighted by Crippen LogP contribution is 2.08. The summed E-state index contributed by atoms with van der Waals surface area (Å²) >= 11 is 0. The first-order chi connectivity index (χ1) is 7.34. The molecule has 1 saturated heterocycles. The SMILES string of the molecule is O=C(COc1ccccc1)NCC1CO1. The molecule has 0 aromatic heterocycles. The van der Waals surface area contributed by atoms with E-state index < -0.39 is 0 Å². The van der Waals surface area contributed by atoms with Gasteiger partial charge in [-0.05, 0) is 12.1 Å². The molecule has 1 N–H and O–H groups in total. The van der Waals surface area contributed by atoms with E-state index in [0.29, 0.717) is 12.3 Å². The van der Waals surface area contributed by atoms with Crippen molar-refractivity contribution in [1.82, 2.24) is 5.32 Å². The fourth-order valence-corrected chi connectivity index (χ4v) is 1.13. The maximum absolute atomic E-state index is 11.3. The number of hydrogen-bond donors (Lipinski definition) is 1. The van der Waals surface area contributed by atoms with Gasteiger partial charge in [-0.25, -0.2) is 0 Å². The molecule has 0 radical (unpaired) electrons. The summed E-state index contributed by atoms with van der Waals surface area (Å²) in [5.74, 6) is 0.588. The van der Waals surface area contributed by atoms with Crippen molar-refractivity contribution in [3.8, 4) is 5.75 Å². The van der Waals surface area contributed by atoms with Gasteiger partial charge in [0.05, 0.1) is 12.7 Å². The topological polar surface area (TPSA) is 50.9 Å². The molecule has 0 bridgehead atoms. The van der Waals surface area contributed by atoms with E-state index >= 15 is 0 Å². The van der Waals surface area contributed by atoms with Crippen LogP contribution in [0.2, 0.25) is 0 Å². The van der Waals surface area contributed by atoms with Crippen LogP contribution >= 0.6 is 0 Å². The van der Waals surface area contributed by atoms with Crippen molar-refractivity contribution in [2.45, 2.75) is 6.10 Å². The molecule has 1 aliphatic heterocycles. The normalized spacial score (nSPS) is 18.3. The van der Waals surface area contributed by atoms with Crippen LogP contribution in [0.5, 0.6) is 5.75 Å². The molecule has 80 valence electrons. The number of carbonyl (C=O) groups is 1. The lowest BCUT2D eigenvalue weighted by Crippen LogP contribution is -2.31. The summed E-state index contributed by atoms with van der Waals surface area (Å²) in [6.45, 7) is 1.38. The van der Waals surface area contributed by atoms with Crippen molar-refractivity contribution >= 4 is 5.91 Å². The lowest BCUT2D eigenvalue weighted by Gasteiger charge is -2.05. The molecule has 1 unspecified atom stereocenters. The van der Waals surface area contributed by atoms with Crippen molar-refractivity contribution in [3.05, 3.63) is 30.3 Å². The van der Waals surface area contributed by atoms with Gasteiger partial charge in [0.15, 0.2) is 6.61 Å². The van der Waals surface area contributed by atoms with Gasteiger partial charge in [-0.15, -0.1) is 0 Å². The molecular weight excluding hydrogens is 194 g/mol. The Labute approximate surface area is 88.2 Å². The Morgan fingerprint density at radius 3 is 2.87 bits per heavy atom. The summed E-state index contributed by atoms with van der Waals surface area (Å²) in [7, 11) is 0. The van der Waals surface area contributed by atoms with Crippen LogP contribution in [-0.2, 0) is 9.53 Å². The number of ether oxygens (including phenoxy) is 2. The predicted molar refractivity (Wildman–Crippen MR) is 54.7 cm³/mol. The molecule has 1 heterocycles. The smallest absolute Gasteiger partial charge is 0.258 e. The predicted octanol–water partition coefficient (Wildman–Crippen LogP) is 0.580. The van der Waals surface area contributed by atoms with Crippen molar-refractivity contribution in [2.24, 2.45) is 0 Å². The number of carbonyl (C=O) groups excluding carboxylic acids is 1. The number of epoxide rings is 1. The van der Waals surface area contributed by atoms with Gasteiger partial charge in [0, 0.05) is 6.54 Å². The second-order valence-electron chi connectivity index (χ2n) is 3.36. The number of hydrogen-bond acceptors (Lipinski definition) is 3. The molecule has 1 aromatic carbocycles. The van der Waals surface area contributed by atoms with Gasteiger partial charge in [-0.2, -0.15) is 0 Å². The molecule has 1 amide bonds. The summed E-state index contributed by atoms with van der Waals surface area (Å²) in [6, 6.07) is 9.27. The van der Waals surface area contributed by atoms with Gasteiger partial charge in [-0.3, -0.25) is 4.79 Å². The van der Waals surface area contributed by atoms with Crippen LogP contribution in [0.15, 0.2) is 30.3 Å². The molecule has 1 fully saturated rings. The molecule has 1 aliphatic rings. The van der Waals surface area contributed by atoms with E-state index in [1.165, 1.54) is 0 Å². The van der Waals surface area contributed by atoms with Gasteiger partial charge in [0.1, 0.15) is 5.75 Å². The average Bonchev–Trinajstić information content (AvgIpc) is 3.09. The Balaban J connectivity index is 1.66. The lowest BCUT2D eigenvalue weighted by atomic mass is 10.3. The fourth-order valence-electron chi connectivity index (χ4n) is 1.13. The van der Waals surface area contributed by atoms with Crippen molar-refractivity contribution < 1.29 is 14.3 Å². The van der Waals surface area contributed by atoms with Gasteiger partial charge >= 0.3 is 0 Å². The van der Waals surface area contributed by atoms with E-state index in [9.17, 15) is 4.79 Å². The molecule has 0 saturated carbocycles. The molecule has 1 atom stereocenters. The third-order valence-electron chi connectivity index (χ3n) is 2.04. The van der Waals surface area contributed by atoms with Crippen molar-refractivity contribution in [2.75, 3.05) is 19.8 Å². The second-order valence-corrected chi connectivity index (χ2v) is 3.36. The number of rotatable bonds is 5. The van der Waals surface area contributed by atoms with E-state index in [2.05, 4.69) is 5.32 Å². The minimum Gasteiger partial charge on any atom is -0.484 e. The van der Waals surface area contributed by atoms with E-state index in [-0.39, 0.29) is 18.6 Å². The Morgan fingerprint density at radius 1 is 1.47 bits per heavy atom. The van der Waals surface area contributed by atoms with Crippen LogP contribution in [0.4, 0.5) is 0 Å². The molecule has 15 heavy (non-hydrogen) atoms. The number of para-hydroxylation sites is 1. The zero-order valence-corrected chi connectivity index (χ0v) is 8.31. The summed E-state index contributed by atoms with van der Waals surface area (Å²) < 4.78 is 10.2. The van der Waals surface area contributed by atoms with Gasteiger partial charge < -0.3 is 14.8 Å². The van der Waals surface area contributed by atoms with Crippen LogP contribution in [0.25, 0.3) is 0 Å². The monoisotopic (exact) mass is 207 g/mol. The van der Waals surface area contributed by atoms with Crippen LogP contribution in [-0.4, -0.2) is 31.8 Å². The lowest BCUT2D eigenvalue weighted by molar-refractivity contribution is -0.123. The first kappa shape index (κ1) is 9.98. The van der Waals surface area contributed by atoms with Crippen LogP contribution < -0.4 is 10.1 Å². The quantitative estimate of drug-likeness (QED) is 0.718. The van der Waals surface area contributed by atoms with Gasteiger partial charge in [0.2, 0.25) is 0 Å². The largest absolute Gasteiger partial charge is 0.484 e. The first-order valence-corrected chi connectivity index (χ1v) is 4.91. The molecule has 0 aliphatic carbocycles. The van der Waals surface area contributed by atoms with Crippen LogP contribution in [0.3, 0.4) is 0 Å². The third-order valence-corrected chi connectivity index (χ3v) is 2.04. The highest BCUT2D eigenvalue weighted by atomic mass is 16.6. The molecule has 4 heteroatoms. The average molecular weight is 207 g/mol. The number of amides is 1. The molecule has 4 nitrogen and oxygen atoms in total. The highest BCUT2D eigenvalue weighted by molar-refractivity contribution is 5.77. The Hall–Kier alpha value is -1.55. The molecular formula is C11H13NO3.